The molecule has 1 heterocycles. The number of nitrogens with one attached hydrogen (secondary N) is 1. The smallest absolute Gasteiger partial charge is 0.230 e. The SMILES string of the molecule is CCC[C@H](C)NC(=O)CSc1nn(-c2ccccc2C)c(=S)s1. The van der Waals surface area contributed by atoms with Crippen molar-refractivity contribution in [1.82, 2.24) is 15.1 Å². The lowest BCUT2D eigenvalue weighted by Gasteiger charge is -2.11. The van der Waals surface area contributed by atoms with Crippen LogP contribution in [0.5, 0.6) is 0 Å². The van der Waals surface area contributed by atoms with Crippen LogP contribution in [0.4, 0.5) is 0 Å². The fourth-order valence-corrected chi connectivity index (χ4v) is 4.38. The van der Waals surface area contributed by atoms with Crippen molar-refractivity contribution in [2.45, 2.75) is 44.0 Å². The lowest BCUT2D eigenvalue weighted by molar-refractivity contribution is -0.119. The van der Waals surface area contributed by atoms with Crippen molar-refractivity contribution in [3.63, 3.8) is 0 Å². The Morgan fingerprint density at radius 1 is 1.48 bits per heavy atom. The molecule has 0 aliphatic heterocycles. The highest BCUT2D eigenvalue weighted by atomic mass is 32.2. The van der Waals surface area contributed by atoms with Gasteiger partial charge in [-0.05, 0) is 44.1 Å². The minimum Gasteiger partial charge on any atom is -0.353 e. The first-order valence-corrected chi connectivity index (χ1v) is 9.80. The summed E-state index contributed by atoms with van der Waals surface area (Å²) < 4.78 is 3.29. The molecule has 0 radical (unpaired) electrons. The molecule has 1 aromatic carbocycles. The molecule has 1 atom stereocenters. The second kappa shape index (κ2) is 8.61. The Labute approximate surface area is 150 Å². The van der Waals surface area contributed by atoms with Gasteiger partial charge in [0.05, 0.1) is 11.4 Å². The Morgan fingerprint density at radius 2 is 2.22 bits per heavy atom. The van der Waals surface area contributed by atoms with Crippen LogP contribution in [0.2, 0.25) is 0 Å². The van der Waals surface area contributed by atoms with Crippen molar-refractivity contribution in [3.8, 4) is 5.69 Å². The van der Waals surface area contributed by atoms with Crippen LogP contribution < -0.4 is 5.32 Å². The van der Waals surface area contributed by atoms with Gasteiger partial charge in [0.1, 0.15) is 0 Å². The van der Waals surface area contributed by atoms with E-state index in [9.17, 15) is 4.79 Å². The molecule has 0 bridgehead atoms. The number of benzene rings is 1. The molecule has 23 heavy (non-hydrogen) atoms. The number of aryl methyl sites for hydroxylation is 1. The van der Waals surface area contributed by atoms with Crippen molar-refractivity contribution in [1.29, 1.82) is 0 Å². The van der Waals surface area contributed by atoms with Gasteiger partial charge in [-0.1, -0.05) is 54.6 Å². The summed E-state index contributed by atoms with van der Waals surface area (Å²) in [7, 11) is 0. The number of carbonyl (C=O) groups excluding carboxylic acids is 1. The number of hydrogen-bond donors (Lipinski definition) is 1. The molecule has 1 amide bonds. The fourth-order valence-electron chi connectivity index (χ4n) is 2.22. The molecule has 0 aliphatic carbocycles. The number of para-hydroxylation sites is 1. The van der Waals surface area contributed by atoms with E-state index in [0.717, 1.165) is 28.4 Å². The maximum atomic E-state index is 11.9. The normalized spacial score (nSPS) is 12.1. The monoisotopic (exact) mass is 367 g/mol. The Balaban J connectivity index is 2.01. The van der Waals surface area contributed by atoms with Crippen LogP contribution in [-0.4, -0.2) is 27.5 Å². The Morgan fingerprint density at radius 3 is 2.91 bits per heavy atom. The van der Waals surface area contributed by atoms with Crippen LogP contribution >= 0.6 is 35.3 Å². The van der Waals surface area contributed by atoms with Gasteiger partial charge in [-0.3, -0.25) is 4.79 Å². The number of carbonyl (C=O) groups is 1. The quantitative estimate of drug-likeness (QED) is 0.583. The summed E-state index contributed by atoms with van der Waals surface area (Å²) in [6, 6.07) is 8.21. The number of thioether (sulfide) groups is 1. The van der Waals surface area contributed by atoms with E-state index >= 15 is 0 Å². The second-order valence-corrected chi connectivity index (χ2v) is 8.22. The molecule has 0 saturated heterocycles. The second-order valence-electron chi connectivity index (χ2n) is 5.38. The zero-order valence-corrected chi connectivity index (χ0v) is 16.0. The number of nitrogens with zero attached hydrogens (tertiary/aromatic N) is 2. The molecule has 0 saturated carbocycles. The highest BCUT2D eigenvalue weighted by molar-refractivity contribution is 8.01. The largest absolute Gasteiger partial charge is 0.353 e. The Hall–Kier alpha value is -1.18. The summed E-state index contributed by atoms with van der Waals surface area (Å²) in [6.45, 7) is 6.18. The van der Waals surface area contributed by atoms with Gasteiger partial charge in [0.25, 0.3) is 0 Å². The Bertz CT molecular complexity index is 723. The van der Waals surface area contributed by atoms with E-state index in [1.807, 2.05) is 38.1 Å². The van der Waals surface area contributed by atoms with Gasteiger partial charge in [-0.25, -0.2) is 4.68 Å². The van der Waals surface area contributed by atoms with E-state index < -0.39 is 0 Å². The lowest BCUT2D eigenvalue weighted by Crippen LogP contribution is -2.33. The number of rotatable bonds is 7. The zero-order valence-electron chi connectivity index (χ0n) is 13.5. The van der Waals surface area contributed by atoms with E-state index in [4.69, 9.17) is 12.2 Å². The van der Waals surface area contributed by atoms with Gasteiger partial charge in [0, 0.05) is 6.04 Å². The van der Waals surface area contributed by atoms with Crippen LogP contribution in [0.1, 0.15) is 32.3 Å². The number of aromatic nitrogens is 2. The summed E-state index contributed by atoms with van der Waals surface area (Å²) in [6.07, 6.45) is 2.06. The van der Waals surface area contributed by atoms with E-state index in [-0.39, 0.29) is 11.9 Å². The van der Waals surface area contributed by atoms with Crippen LogP contribution in [0.25, 0.3) is 5.69 Å². The predicted octanol–water partition coefficient (Wildman–Crippen LogP) is 4.37. The molecule has 4 nitrogen and oxygen atoms in total. The maximum absolute atomic E-state index is 11.9. The third-order valence-corrected chi connectivity index (χ3v) is 5.69. The molecule has 2 aromatic rings. The molecular formula is C16H21N3OS3. The average Bonchev–Trinajstić information content (AvgIpc) is 2.87. The third kappa shape index (κ3) is 5.16. The average molecular weight is 368 g/mol. The van der Waals surface area contributed by atoms with Gasteiger partial charge < -0.3 is 5.32 Å². The van der Waals surface area contributed by atoms with E-state index in [0.29, 0.717) is 9.71 Å². The van der Waals surface area contributed by atoms with Crippen molar-refractivity contribution in [2.75, 3.05) is 5.75 Å². The lowest BCUT2D eigenvalue weighted by atomic mass is 10.2. The minimum absolute atomic E-state index is 0.0412. The molecule has 0 aliphatic rings. The molecule has 0 unspecified atom stereocenters. The summed E-state index contributed by atoms with van der Waals surface area (Å²) in [4.78, 5) is 11.9. The first-order chi connectivity index (χ1) is 11.0. The number of amides is 1. The van der Waals surface area contributed by atoms with Gasteiger partial charge in [0.15, 0.2) is 8.29 Å². The number of hydrogen-bond acceptors (Lipinski definition) is 5. The molecule has 0 fully saturated rings. The van der Waals surface area contributed by atoms with Crippen LogP contribution in [0.15, 0.2) is 28.6 Å². The summed E-state index contributed by atoms with van der Waals surface area (Å²) in [5, 5.41) is 7.54. The molecular weight excluding hydrogens is 346 g/mol. The molecule has 7 heteroatoms. The molecule has 124 valence electrons. The minimum atomic E-state index is 0.0412. The maximum Gasteiger partial charge on any atom is 0.230 e. The van der Waals surface area contributed by atoms with E-state index in [1.165, 1.54) is 23.1 Å². The highest BCUT2D eigenvalue weighted by Gasteiger charge is 2.11. The fraction of sp³-hybridized carbons (Fsp3) is 0.438. The van der Waals surface area contributed by atoms with Crippen molar-refractivity contribution in [3.05, 3.63) is 33.8 Å². The molecule has 2 rings (SSSR count). The molecule has 0 spiro atoms. The first kappa shape index (κ1) is 18.2. The van der Waals surface area contributed by atoms with Gasteiger partial charge >= 0.3 is 0 Å². The topological polar surface area (TPSA) is 46.9 Å². The predicted molar refractivity (Wildman–Crippen MR) is 100 cm³/mol. The third-order valence-electron chi connectivity index (χ3n) is 3.33. The Kier molecular flexibility index (Phi) is 6.80. The van der Waals surface area contributed by atoms with Crippen molar-refractivity contribution >= 4 is 41.2 Å². The van der Waals surface area contributed by atoms with E-state index in [2.05, 4.69) is 17.3 Å². The van der Waals surface area contributed by atoms with Crippen LogP contribution in [0, 0.1) is 10.9 Å². The van der Waals surface area contributed by atoms with Crippen LogP contribution in [0.3, 0.4) is 0 Å². The zero-order chi connectivity index (χ0) is 16.8. The van der Waals surface area contributed by atoms with Crippen molar-refractivity contribution < 1.29 is 4.79 Å². The van der Waals surface area contributed by atoms with Crippen molar-refractivity contribution in [2.24, 2.45) is 0 Å². The van der Waals surface area contributed by atoms with Gasteiger partial charge in [-0.2, -0.15) is 0 Å². The standard InChI is InChI=1S/C16H21N3OS3/c1-4-7-12(3)17-14(20)10-22-15-18-19(16(21)23-15)13-9-6-5-8-11(13)2/h5-6,8-9,12H,4,7,10H2,1-3H3,(H,17,20)/t12-/m0/s1. The van der Waals surface area contributed by atoms with E-state index in [1.54, 1.807) is 4.68 Å². The van der Waals surface area contributed by atoms with Gasteiger partial charge in [0.2, 0.25) is 5.91 Å². The highest BCUT2D eigenvalue weighted by Crippen LogP contribution is 2.25. The van der Waals surface area contributed by atoms with Gasteiger partial charge in [-0.15, -0.1) is 5.10 Å². The summed E-state index contributed by atoms with van der Waals surface area (Å²) >= 11 is 8.27. The summed E-state index contributed by atoms with van der Waals surface area (Å²) in [5.41, 5.74) is 2.11. The van der Waals surface area contributed by atoms with Crippen LogP contribution in [-0.2, 0) is 4.79 Å². The molecule has 1 aromatic heterocycles. The first-order valence-electron chi connectivity index (χ1n) is 7.59. The summed E-state index contributed by atoms with van der Waals surface area (Å²) in [5.74, 6) is 0.406. The molecule has 1 N–H and O–H groups in total.